The summed E-state index contributed by atoms with van der Waals surface area (Å²) >= 11 is 0. The molecule has 29 heavy (non-hydrogen) atoms. The zero-order valence-corrected chi connectivity index (χ0v) is 17.1. The third kappa shape index (κ3) is 3.74. The molecule has 2 aliphatic heterocycles. The molecule has 150 valence electrons. The van der Waals surface area contributed by atoms with Crippen LogP contribution >= 0.6 is 0 Å². The fourth-order valence-corrected chi connectivity index (χ4v) is 5.13. The van der Waals surface area contributed by atoms with Gasteiger partial charge in [0.25, 0.3) is 0 Å². The van der Waals surface area contributed by atoms with Crippen molar-refractivity contribution < 1.29 is 9.37 Å². The Labute approximate surface area is 173 Å². The minimum Gasteiger partial charge on any atom is -0.368 e. The van der Waals surface area contributed by atoms with Gasteiger partial charge in [0.1, 0.15) is 6.54 Å². The van der Waals surface area contributed by atoms with Crippen LogP contribution in [-0.2, 0) is 4.79 Å². The first-order valence-electron chi connectivity index (χ1n) is 11.1. The van der Waals surface area contributed by atoms with Gasteiger partial charge in [0.05, 0.1) is 5.57 Å². The number of Topliss-reactive ketones (excluding diaryl/α,β-unsaturated/α-hetero) is 1. The van der Waals surface area contributed by atoms with Crippen molar-refractivity contribution in [1.82, 2.24) is 4.90 Å². The SMILES string of the molecule is O=C1CCCC2=[N+](CCCN3CCN(c4cccc5ccccc45)CC3)CC=C12. The second kappa shape index (κ2) is 8.11. The molecule has 0 spiro atoms. The summed E-state index contributed by atoms with van der Waals surface area (Å²) in [6.45, 7) is 7.60. The first-order chi connectivity index (χ1) is 14.3. The lowest BCUT2D eigenvalue weighted by Crippen LogP contribution is -2.47. The molecule has 0 unspecified atom stereocenters. The van der Waals surface area contributed by atoms with E-state index in [4.69, 9.17) is 0 Å². The van der Waals surface area contributed by atoms with Crippen molar-refractivity contribution in [1.29, 1.82) is 0 Å². The number of fused-ring (bicyclic) bond motifs is 2. The van der Waals surface area contributed by atoms with Gasteiger partial charge in [-0.25, -0.2) is 4.58 Å². The van der Waals surface area contributed by atoms with Crippen LogP contribution in [0.5, 0.6) is 0 Å². The predicted molar refractivity (Wildman–Crippen MR) is 119 cm³/mol. The molecular weight excluding hydrogens is 358 g/mol. The summed E-state index contributed by atoms with van der Waals surface area (Å²) in [4.78, 5) is 17.2. The summed E-state index contributed by atoms with van der Waals surface area (Å²) < 4.78 is 2.44. The van der Waals surface area contributed by atoms with Crippen LogP contribution in [0.2, 0.25) is 0 Å². The highest BCUT2D eigenvalue weighted by molar-refractivity contribution is 6.22. The van der Waals surface area contributed by atoms with Crippen LogP contribution in [0, 0.1) is 0 Å². The van der Waals surface area contributed by atoms with Gasteiger partial charge in [-0.05, 0) is 23.9 Å². The molecule has 0 radical (unpaired) electrons. The van der Waals surface area contributed by atoms with E-state index in [-0.39, 0.29) is 0 Å². The molecule has 2 aromatic rings. The molecule has 3 aliphatic rings. The third-order valence-corrected chi connectivity index (χ3v) is 6.71. The quantitative estimate of drug-likeness (QED) is 0.734. The fourth-order valence-electron chi connectivity index (χ4n) is 5.13. The highest BCUT2D eigenvalue weighted by Gasteiger charge is 2.32. The number of anilines is 1. The summed E-state index contributed by atoms with van der Waals surface area (Å²) in [5, 5.41) is 2.68. The van der Waals surface area contributed by atoms with Crippen LogP contribution in [0.4, 0.5) is 5.69 Å². The van der Waals surface area contributed by atoms with Gasteiger partial charge in [0, 0.05) is 63.1 Å². The molecule has 1 saturated carbocycles. The normalized spacial score (nSPS) is 20.3. The molecule has 0 N–H and O–H groups in total. The first kappa shape index (κ1) is 18.6. The number of nitrogens with zero attached hydrogens (tertiary/aromatic N) is 3. The Morgan fingerprint density at radius 1 is 0.931 bits per heavy atom. The standard InChI is InChI=1S/C25H30N3O/c29-25-11-4-10-24-22(25)12-15-27(24)14-5-13-26-16-18-28(19-17-26)23-9-3-7-20-6-1-2-8-21(20)23/h1-3,6-9,12H,4-5,10-11,13-19H2/q+1. The summed E-state index contributed by atoms with van der Waals surface area (Å²) in [5.41, 5.74) is 3.72. The second-order valence-corrected chi connectivity index (χ2v) is 8.47. The maximum Gasteiger partial charge on any atom is 0.187 e. The summed E-state index contributed by atoms with van der Waals surface area (Å²) in [6, 6.07) is 15.3. The lowest BCUT2D eigenvalue weighted by molar-refractivity contribution is -0.515. The van der Waals surface area contributed by atoms with Gasteiger partial charge in [-0.1, -0.05) is 36.4 Å². The predicted octanol–water partition coefficient (Wildman–Crippen LogP) is 3.50. The van der Waals surface area contributed by atoms with Crippen molar-refractivity contribution in [2.75, 3.05) is 50.7 Å². The van der Waals surface area contributed by atoms with Gasteiger partial charge in [-0.15, -0.1) is 0 Å². The Morgan fingerprint density at radius 3 is 2.66 bits per heavy atom. The van der Waals surface area contributed by atoms with Crippen LogP contribution in [0.25, 0.3) is 10.8 Å². The van der Waals surface area contributed by atoms with Crippen molar-refractivity contribution in [3.05, 3.63) is 54.1 Å². The average Bonchev–Trinajstić information content (AvgIpc) is 3.18. The minimum atomic E-state index is 0.360. The van der Waals surface area contributed by atoms with Gasteiger partial charge >= 0.3 is 0 Å². The van der Waals surface area contributed by atoms with E-state index in [0.29, 0.717) is 5.78 Å². The average molecular weight is 389 g/mol. The molecule has 0 amide bonds. The van der Waals surface area contributed by atoms with E-state index in [1.807, 2.05) is 0 Å². The number of allylic oxidation sites excluding steroid dienone is 1. The van der Waals surface area contributed by atoms with Crippen molar-refractivity contribution in [2.45, 2.75) is 25.7 Å². The van der Waals surface area contributed by atoms with Gasteiger partial charge in [-0.2, -0.15) is 0 Å². The zero-order chi connectivity index (χ0) is 19.6. The summed E-state index contributed by atoms with van der Waals surface area (Å²) in [7, 11) is 0. The largest absolute Gasteiger partial charge is 0.368 e. The van der Waals surface area contributed by atoms with Crippen molar-refractivity contribution in [3.63, 3.8) is 0 Å². The van der Waals surface area contributed by atoms with E-state index >= 15 is 0 Å². The highest BCUT2D eigenvalue weighted by Crippen LogP contribution is 2.27. The molecule has 0 atom stereocenters. The van der Waals surface area contributed by atoms with E-state index in [0.717, 1.165) is 70.6 Å². The molecule has 0 aromatic heterocycles. The molecule has 2 fully saturated rings. The van der Waals surface area contributed by atoms with Crippen LogP contribution < -0.4 is 4.90 Å². The zero-order valence-electron chi connectivity index (χ0n) is 17.1. The maximum atomic E-state index is 12.0. The summed E-state index contributed by atoms with van der Waals surface area (Å²) in [5.74, 6) is 0.360. The van der Waals surface area contributed by atoms with Crippen molar-refractivity contribution in [2.24, 2.45) is 0 Å². The number of rotatable bonds is 5. The Bertz CT molecular complexity index is 977. The number of carbonyl (C=O) groups excluding carboxylic acids is 1. The van der Waals surface area contributed by atoms with Crippen LogP contribution in [0.3, 0.4) is 0 Å². The van der Waals surface area contributed by atoms with Gasteiger partial charge < -0.3 is 4.90 Å². The number of hydrogen-bond acceptors (Lipinski definition) is 3. The number of carbonyl (C=O) groups is 1. The van der Waals surface area contributed by atoms with E-state index in [1.54, 1.807) is 0 Å². The lowest BCUT2D eigenvalue weighted by atomic mass is 9.92. The van der Waals surface area contributed by atoms with E-state index in [2.05, 4.69) is 62.9 Å². The van der Waals surface area contributed by atoms with Crippen molar-refractivity contribution in [3.8, 4) is 0 Å². The molecule has 5 rings (SSSR count). The Kier molecular flexibility index (Phi) is 5.19. The van der Waals surface area contributed by atoms with Gasteiger partial charge in [0.15, 0.2) is 18.0 Å². The van der Waals surface area contributed by atoms with Crippen LogP contribution in [-0.4, -0.2) is 66.8 Å². The maximum absolute atomic E-state index is 12.0. The Hall–Kier alpha value is -2.46. The molecule has 1 saturated heterocycles. The third-order valence-electron chi connectivity index (χ3n) is 6.71. The minimum absolute atomic E-state index is 0.360. The topological polar surface area (TPSA) is 26.6 Å². The van der Waals surface area contributed by atoms with Crippen molar-refractivity contribution >= 4 is 28.0 Å². The fraction of sp³-hybridized carbons (Fsp3) is 0.440. The van der Waals surface area contributed by atoms with Crippen LogP contribution in [0.15, 0.2) is 54.1 Å². The molecule has 4 heteroatoms. The molecule has 4 nitrogen and oxygen atoms in total. The number of piperazine rings is 1. The monoisotopic (exact) mass is 388 g/mol. The van der Waals surface area contributed by atoms with Gasteiger partial charge in [0.2, 0.25) is 0 Å². The highest BCUT2D eigenvalue weighted by atomic mass is 16.1. The van der Waals surface area contributed by atoms with E-state index in [1.165, 1.54) is 28.6 Å². The van der Waals surface area contributed by atoms with Gasteiger partial charge in [-0.3, -0.25) is 9.69 Å². The number of ketones is 1. The first-order valence-corrected chi connectivity index (χ1v) is 11.1. The Balaban J connectivity index is 1.14. The molecular formula is C25H30N3O+. The Morgan fingerprint density at radius 2 is 1.76 bits per heavy atom. The molecule has 2 heterocycles. The summed E-state index contributed by atoms with van der Waals surface area (Å²) in [6.07, 6.45) is 6.18. The molecule has 0 bridgehead atoms. The number of hydrogen-bond donors (Lipinski definition) is 0. The van der Waals surface area contributed by atoms with E-state index in [9.17, 15) is 4.79 Å². The smallest absolute Gasteiger partial charge is 0.187 e. The van der Waals surface area contributed by atoms with E-state index < -0.39 is 0 Å². The molecule has 2 aromatic carbocycles. The van der Waals surface area contributed by atoms with Crippen LogP contribution in [0.1, 0.15) is 25.7 Å². The lowest BCUT2D eigenvalue weighted by Gasteiger charge is -2.36. The number of benzene rings is 2. The second-order valence-electron chi connectivity index (χ2n) is 8.47. The molecule has 1 aliphatic carbocycles.